The number of hydrogen-bond donors (Lipinski definition) is 2. The average Bonchev–Trinajstić information content (AvgIpc) is 2.60. The molecule has 0 bridgehead atoms. The predicted octanol–water partition coefficient (Wildman–Crippen LogP) is 2.94. The molecule has 0 spiro atoms. The summed E-state index contributed by atoms with van der Waals surface area (Å²) in [4.78, 5) is 28.2. The van der Waals surface area contributed by atoms with Crippen molar-refractivity contribution in [2.24, 2.45) is 0 Å². The van der Waals surface area contributed by atoms with Crippen molar-refractivity contribution in [3.63, 3.8) is 0 Å². The molecule has 2 aromatic rings. The van der Waals surface area contributed by atoms with Gasteiger partial charge in [-0.15, -0.1) is 0 Å². The van der Waals surface area contributed by atoms with Gasteiger partial charge in [0, 0.05) is 18.9 Å². The number of esters is 1. The lowest BCUT2D eigenvalue weighted by molar-refractivity contribution is 0.0602. The lowest BCUT2D eigenvalue weighted by Gasteiger charge is -2.10. The normalized spacial score (nSPS) is 10.0. The Hall–Kier alpha value is -2.89. The maximum absolute atomic E-state index is 12.4. The van der Waals surface area contributed by atoms with Crippen LogP contribution in [0.3, 0.4) is 0 Å². The van der Waals surface area contributed by atoms with Gasteiger partial charge in [0.15, 0.2) is 0 Å². The second-order valence-corrected chi connectivity index (χ2v) is 4.88. The zero-order valence-electron chi connectivity index (χ0n) is 13.1. The molecule has 1 aromatic carbocycles. The fourth-order valence-electron chi connectivity index (χ4n) is 2.00. The fourth-order valence-corrected chi connectivity index (χ4v) is 2.00. The van der Waals surface area contributed by atoms with E-state index in [1.807, 2.05) is 0 Å². The molecule has 2 rings (SSSR count). The molecule has 0 saturated carbocycles. The Kier molecular flexibility index (Phi) is 5.68. The summed E-state index contributed by atoms with van der Waals surface area (Å²) in [7, 11) is 1.30. The van der Waals surface area contributed by atoms with Crippen molar-refractivity contribution in [2.75, 3.05) is 24.3 Å². The Morgan fingerprint density at radius 3 is 2.74 bits per heavy atom. The Balaban J connectivity index is 2.18. The highest BCUT2D eigenvalue weighted by Crippen LogP contribution is 2.18. The van der Waals surface area contributed by atoms with Crippen molar-refractivity contribution in [1.82, 2.24) is 4.98 Å². The van der Waals surface area contributed by atoms with Gasteiger partial charge >= 0.3 is 5.97 Å². The molecule has 0 saturated heterocycles. The first-order chi connectivity index (χ1) is 11.2. The molecule has 0 atom stereocenters. The minimum absolute atomic E-state index is 0.302. The van der Waals surface area contributed by atoms with E-state index in [1.165, 1.54) is 13.3 Å². The van der Waals surface area contributed by atoms with Crippen LogP contribution in [0.1, 0.15) is 34.1 Å². The maximum Gasteiger partial charge on any atom is 0.339 e. The molecule has 2 N–H and O–H groups in total. The largest absolute Gasteiger partial charge is 0.465 e. The molecule has 23 heavy (non-hydrogen) atoms. The highest BCUT2D eigenvalue weighted by Gasteiger charge is 2.14. The Bertz CT molecular complexity index is 701. The third kappa shape index (κ3) is 4.29. The lowest BCUT2D eigenvalue weighted by atomic mass is 10.1. The second-order valence-electron chi connectivity index (χ2n) is 4.88. The molecule has 0 unspecified atom stereocenters. The molecule has 1 amide bonds. The minimum Gasteiger partial charge on any atom is -0.465 e. The number of anilines is 2. The van der Waals surface area contributed by atoms with Crippen molar-refractivity contribution >= 4 is 23.3 Å². The number of nitrogens with one attached hydrogen (secondary N) is 2. The van der Waals surface area contributed by atoms with Gasteiger partial charge in [-0.1, -0.05) is 19.1 Å². The van der Waals surface area contributed by atoms with Crippen LogP contribution in [0.5, 0.6) is 0 Å². The number of hydrogen-bond acceptors (Lipinski definition) is 5. The molecule has 6 nitrogen and oxygen atoms in total. The van der Waals surface area contributed by atoms with Crippen molar-refractivity contribution in [2.45, 2.75) is 13.3 Å². The Labute approximate surface area is 134 Å². The first kappa shape index (κ1) is 16.5. The Morgan fingerprint density at radius 1 is 1.22 bits per heavy atom. The third-order valence-electron chi connectivity index (χ3n) is 3.16. The number of amides is 1. The van der Waals surface area contributed by atoms with E-state index in [-0.39, 0.29) is 5.91 Å². The summed E-state index contributed by atoms with van der Waals surface area (Å²) in [6.07, 6.45) is 4.12. The van der Waals surface area contributed by atoms with E-state index in [0.717, 1.165) is 18.7 Å². The number of nitrogens with zero attached hydrogens (tertiary/aromatic N) is 1. The summed E-state index contributed by atoms with van der Waals surface area (Å²) in [6.45, 7) is 2.86. The molecular weight excluding hydrogens is 294 g/mol. The van der Waals surface area contributed by atoms with Crippen LogP contribution in [-0.4, -0.2) is 30.5 Å². The number of para-hydroxylation sites is 1. The third-order valence-corrected chi connectivity index (χ3v) is 3.16. The SMILES string of the molecule is CCCNc1cncc(C(=O)Nc2ccccc2C(=O)OC)c1. The smallest absolute Gasteiger partial charge is 0.339 e. The second kappa shape index (κ2) is 7.93. The molecule has 120 valence electrons. The van der Waals surface area contributed by atoms with Crippen LogP contribution in [-0.2, 0) is 4.74 Å². The highest BCUT2D eigenvalue weighted by atomic mass is 16.5. The zero-order valence-corrected chi connectivity index (χ0v) is 13.1. The van der Waals surface area contributed by atoms with Crippen molar-refractivity contribution < 1.29 is 14.3 Å². The summed E-state index contributed by atoms with van der Waals surface area (Å²) < 4.78 is 4.72. The van der Waals surface area contributed by atoms with E-state index in [0.29, 0.717) is 16.8 Å². The molecule has 1 heterocycles. The van der Waals surface area contributed by atoms with E-state index < -0.39 is 5.97 Å². The fraction of sp³-hybridized carbons (Fsp3) is 0.235. The maximum atomic E-state index is 12.4. The van der Waals surface area contributed by atoms with Gasteiger partial charge in [-0.25, -0.2) is 4.79 Å². The van der Waals surface area contributed by atoms with Crippen LogP contribution in [0.4, 0.5) is 11.4 Å². The van der Waals surface area contributed by atoms with Crippen molar-refractivity contribution in [1.29, 1.82) is 0 Å². The van der Waals surface area contributed by atoms with Crippen LogP contribution in [0.2, 0.25) is 0 Å². The first-order valence-electron chi connectivity index (χ1n) is 7.33. The van der Waals surface area contributed by atoms with Crippen molar-refractivity contribution in [3.05, 3.63) is 53.9 Å². The number of methoxy groups -OCH3 is 1. The van der Waals surface area contributed by atoms with E-state index in [4.69, 9.17) is 4.74 Å². The quantitative estimate of drug-likeness (QED) is 0.801. The molecule has 0 aliphatic heterocycles. The van der Waals surface area contributed by atoms with E-state index in [9.17, 15) is 9.59 Å². The van der Waals surface area contributed by atoms with Gasteiger partial charge in [-0.05, 0) is 24.6 Å². The summed E-state index contributed by atoms with van der Waals surface area (Å²) in [5.74, 6) is -0.841. The zero-order chi connectivity index (χ0) is 16.7. The molecule has 6 heteroatoms. The van der Waals surface area contributed by atoms with Gasteiger partial charge in [-0.3, -0.25) is 9.78 Å². The average molecular weight is 313 g/mol. The summed E-state index contributed by atoms with van der Waals surface area (Å²) in [6, 6.07) is 8.41. The van der Waals surface area contributed by atoms with E-state index in [2.05, 4.69) is 22.5 Å². The van der Waals surface area contributed by atoms with E-state index in [1.54, 1.807) is 36.5 Å². The van der Waals surface area contributed by atoms with Crippen LogP contribution in [0, 0.1) is 0 Å². The Morgan fingerprint density at radius 2 is 2.00 bits per heavy atom. The summed E-state index contributed by atoms with van der Waals surface area (Å²) >= 11 is 0. The van der Waals surface area contributed by atoms with Gasteiger partial charge in [-0.2, -0.15) is 0 Å². The number of benzene rings is 1. The summed E-state index contributed by atoms with van der Waals surface area (Å²) in [5, 5.41) is 5.89. The molecular formula is C17H19N3O3. The van der Waals surface area contributed by atoms with Crippen LogP contribution >= 0.6 is 0 Å². The molecule has 0 aliphatic rings. The van der Waals surface area contributed by atoms with E-state index >= 15 is 0 Å². The van der Waals surface area contributed by atoms with Crippen LogP contribution in [0.25, 0.3) is 0 Å². The number of pyridine rings is 1. The number of carbonyl (C=O) groups excluding carboxylic acids is 2. The standard InChI is InChI=1S/C17H19N3O3/c1-3-8-19-13-9-12(10-18-11-13)16(21)20-15-7-5-4-6-14(15)17(22)23-2/h4-7,9-11,19H,3,8H2,1-2H3,(H,20,21). The topological polar surface area (TPSA) is 80.3 Å². The van der Waals surface area contributed by atoms with Crippen LogP contribution in [0.15, 0.2) is 42.7 Å². The number of ether oxygens (including phenoxy) is 1. The predicted molar refractivity (Wildman–Crippen MR) is 88.8 cm³/mol. The molecule has 0 radical (unpaired) electrons. The lowest BCUT2D eigenvalue weighted by Crippen LogP contribution is -2.16. The van der Waals surface area contributed by atoms with Crippen LogP contribution < -0.4 is 10.6 Å². The van der Waals surface area contributed by atoms with Gasteiger partial charge < -0.3 is 15.4 Å². The highest BCUT2D eigenvalue weighted by molar-refractivity contribution is 6.08. The van der Waals surface area contributed by atoms with Crippen molar-refractivity contribution in [3.8, 4) is 0 Å². The molecule has 0 aliphatic carbocycles. The molecule has 0 fully saturated rings. The van der Waals surface area contributed by atoms with Gasteiger partial charge in [0.1, 0.15) is 0 Å². The van der Waals surface area contributed by atoms with Gasteiger partial charge in [0.05, 0.1) is 29.6 Å². The molecule has 1 aromatic heterocycles. The van der Waals surface area contributed by atoms with Gasteiger partial charge in [0.25, 0.3) is 5.91 Å². The number of aromatic nitrogens is 1. The summed E-state index contributed by atoms with van der Waals surface area (Å²) in [5.41, 5.74) is 1.89. The monoisotopic (exact) mass is 313 g/mol. The first-order valence-corrected chi connectivity index (χ1v) is 7.33. The number of rotatable bonds is 6. The minimum atomic E-state index is -0.502. The number of carbonyl (C=O) groups is 2. The van der Waals surface area contributed by atoms with Gasteiger partial charge in [0.2, 0.25) is 0 Å².